The van der Waals surface area contributed by atoms with E-state index in [-0.39, 0.29) is 16.6 Å². The molecule has 0 unspecified atom stereocenters. The summed E-state index contributed by atoms with van der Waals surface area (Å²) in [6.45, 7) is 0. The van der Waals surface area contributed by atoms with Crippen LogP contribution < -0.4 is 10.5 Å². The van der Waals surface area contributed by atoms with Gasteiger partial charge in [-0.2, -0.15) is 0 Å². The fourth-order valence-electron chi connectivity index (χ4n) is 0.883. The number of hydrogen-bond donors (Lipinski definition) is 1. The number of nitrogens with two attached hydrogens (primary N) is 1. The van der Waals surface area contributed by atoms with Gasteiger partial charge >= 0.3 is 0 Å². The first kappa shape index (κ1) is 9.98. The maximum atomic E-state index is 12.4. The topological polar surface area (TPSA) is 48.1 Å². The third kappa shape index (κ3) is 1.80. The Morgan fingerprint density at radius 1 is 1.62 bits per heavy atom. The number of hydrogen-bond acceptors (Lipinski definition) is 3. The molecule has 0 saturated heterocycles. The summed E-state index contributed by atoms with van der Waals surface area (Å²) in [4.78, 5) is 3.63. The number of methoxy groups -OCH3 is 1. The molecular formula is C7H7ClF2N2O. The van der Waals surface area contributed by atoms with Gasteiger partial charge in [-0.1, -0.05) is 11.6 Å². The number of nitrogens with zero attached hydrogens (tertiary/aromatic N) is 1. The lowest BCUT2D eigenvalue weighted by Gasteiger charge is -2.09. The number of anilines is 1. The van der Waals surface area contributed by atoms with E-state index >= 15 is 0 Å². The molecule has 1 rings (SSSR count). The summed E-state index contributed by atoms with van der Waals surface area (Å²) >= 11 is 5.48. The second-order valence-corrected chi connectivity index (χ2v) is 2.65. The maximum absolute atomic E-state index is 12.4. The summed E-state index contributed by atoms with van der Waals surface area (Å²) < 4.78 is 29.4. The lowest BCUT2D eigenvalue weighted by molar-refractivity contribution is 0.152. The highest BCUT2D eigenvalue weighted by Gasteiger charge is 2.19. The van der Waals surface area contributed by atoms with Crippen LogP contribution in [-0.4, -0.2) is 12.1 Å². The number of alkyl halides is 2. The van der Waals surface area contributed by atoms with Crippen LogP contribution in [0.5, 0.6) is 5.88 Å². The van der Waals surface area contributed by atoms with Gasteiger partial charge in [-0.25, -0.2) is 13.8 Å². The molecule has 0 aliphatic heterocycles. The van der Waals surface area contributed by atoms with Crippen molar-refractivity contribution in [1.29, 1.82) is 0 Å². The van der Waals surface area contributed by atoms with Crippen LogP contribution in [0.4, 0.5) is 14.5 Å². The molecule has 13 heavy (non-hydrogen) atoms. The SMILES string of the molecule is COc1ncc(Cl)c(C(F)F)c1N. The van der Waals surface area contributed by atoms with Gasteiger partial charge in [-0.3, -0.25) is 0 Å². The first-order valence-electron chi connectivity index (χ1n) is 3.34. The van der Waals surface area contributed by atoms with E-state index in [9.17, 15) is 8.78 Å². The Hall–Kier alpha value is -1.10. The van der Waals surface area contributed by atoms with Crippen LogP contribution in [0.1, 0.15) is 12.0 Å². The van der Waals surface area contributed by atoms with Gasteiger partial charge in [-0.05, 0) is 0 Å². The molecule has 72 valence electrons. The van der Waals surface area contributed by atoms with Gasteiger partial charge in [0.05, 0.1) is 23.9 Å². The Labute approximate surface area is 78.5 Å². The minimum atomic E-state index is -2.73. The Morgan fingerprint density at radius 3 is 2.69 bits per heavy atom. The van der Waals surface area contributed by atoms with Crippen LogP contribution in [0, 0.1) is 0 Å². The fraction of sp³-hybridized carbons (Fsp3) is 0.286. The number of rotatable bonds is 2. The molecule has 0 aliphatic rings. The molecule has 0 bridgehead atoms. The van der Waals surface area contributed by atoms with Gasteiger partial charge in [0.1, 0.15) is 5.69 Å². The van der Waals surface area contributed by atoms with Crippen molar-refractivity contribution >= 4 is 17.3 Å². The van der Waals surface area contributed by atoms with E-state index in [0.717, 1.165) is 6.20 Å². The van der Waals surface area contributed by atoms with Crippen LogP contribution >= 0.6 is 11.6 Å². The highest BCUT2D eigenvalue weighted by molar-refractivity contribution is 6.31. The Morgan fingerprint density at radius 2 is 2.23 bits per heavy atom. The molecule has 0 radical (unpaired) electrons. The van der Waals surface area contributed by atoms with E-state index in [1.54, 1.807) is 0 Å². The largest absolute Gasteiger partial charge is 0.480 e. The molecule has 0 aliphatic carbocycles. The van der Waals surface area contributed by atoms with Gasteiger partial charge < -0.3 is 10.5 Å². The van der Waals surface area contributed by atoms with E-state index in [2.05, 4.69) is 9.72 Å². The van der Waals surface area contributed by atoms with Gasteiger partial charge in [-0.15, -0.1) is 0 Å². The molecule has 2 N–H and O–H groups in total. The monoisotopic (exact) mass is 208 g/mol. The van der Waals surface area contributed by atoms with Gasteiger partial charge in [0.2, 0.25) is 5.88 Å². The standard InChI is InChI=1S/C7H7ClF2N2O/c1-13-7-5(11)4(6(9)10)3(8)2-12-7/h2,6H,11H2,1H3. The average molecular weight is 209 g/mol. The van der Waals surface area contributed by atoms with Gasteiger partial charge in [0.25, 0.3) is 6.43 Å². The van der Waals surface area contributed by atoms with Gasteiger partial charge in [0, 0.05) is 0 Å². The number of nitrogen functional groups attached to an aromatic ring is 1. The summed E-state index contributed by atoms with van der Waals surface area (Å²) in [6, 6.07) is 0. The lowest BCUT2D eigenvalue weighted by atomic mass is 10.2. The summed E-state index contributed by atoms with van der Waals surface area (Å²) in [6.07, 6.45) is -1.65. The van der Waals surface area contributed by atoms with E-state index in [0.29, 0.717) is 0 Å². The van der Waals surface area contributed by atoms with Crippen molar-refractivity contribution < 1.29 is 13.5 Å². The third-order valence-electron chi connectivity index (χ3n) is 1.48. The van der Waals surface area contributed by atoms with Crippen molar-refractivity contribution in [2.24, 2.45) is 0 Å². The second-order valence-electron chi connectivity index (χ2n) is 2.24. The molecule has 1 aromatic heterocycles. The van der Waals surface area contributed by atoms with Crippen molar-refractivity contribution in [3.63, 3.8) is 0 Å². The number of ether oxygens (including phenoxy) is 1. The number of pyridine rings is 1. The molecule has 1 heterocycles. The second kappa shape index (κ2) is 3.74. The van der Waals surface area contributed by atoms with Crippen molar-refractivity contribution in [1.82, 2.24) is 4.98 Å². The predicted molar refractivity (Wildman–Crippen MR) is 45.2 cm³/mol. The molecular weight excluding hydrogens is 202 g/mol. The molecule has 0 spiro atoms. The average Bonchev–Trinajstić information content (AvgIpc) is 2.04. The summed E-state index contributed by atoms with van der Waals surface area (Å²) in [5.41, 5.74) is 4.69. The smallest absolute Gasteiger partial charge is 0.267 e. The zero-order valence-corrected chi connectivity index (χ0v) is 7.48. The molecule has 0 fully saturated rings. The number of aromatic nitrogens is 1. The number of halogens is 3. The normalized spacial score (nSPS) is 10.5. The van der Waals surface area contributed by atoms with Crippen molar-refractivity contribution in [3.05, 3.63) is 16.8 Å². The minimum absolute atomic E-state index is 0.0419. The molecule has 3 nitrogen and oxygen atoms in total. The molecule has 0 aromatic carbocycles. The maximum Gasteiger partial charge on any atom is 0.267 e. The van der Waals surface area contributed by atoms with Crippen LogP contribution in [0.25, 0.3) is 0 Å². The molecule has 0 saturated carbocycles. The van der Waals surface area contributed by atoms with E-state index in [1.165, 1.54) is 7.11 Å². The van der Waals surface area contributed by atoms with Crippen LogP contribution in [0.2, 0.25) is 5.02 Å². The highest BCUT2D eigenvalue weighted by atomic mass is 35.5. The van der Waals surface area contributed by atoms with Crippen LogP contribution in [0.3, 0.4) is 0 Å². The molecule has 0 atom stereocenters. The fourth-order valence-corrected chi connectivity index (χ4v) is 1.12. The minimum Gasteiger partial charge on any atom is -0.480 e. The first-order valence-corrected chi connectivity index (χ1v) is 3.71. The van der Waals surface area contributed by atoms with E-state index < -0.39 is 12.0 Å². The Balaban J connectivity index is 3.30. The Bertz CT molecular complexity index is 320. The van der Waals surface area contributed by atoms with Crippen molar-refractivity contribution in [2.75, 3.05) is 12.8 Å². The van der Waals surface area contributed by atoms with Crippen LogP contribution in [0.15, 0.2) is 6.20 Å². The van der Waals surface area contributed by atoms with Crippen molar-refractivity contribution in [2.45, 2.75) is 6.43 Å². The first-order chi connectivity index (χ1) is 6.07. The molecule has 0 amide bonds. The zero-order chi connectivity index (χ0) is 10.0. The predicted octanol–water partition coefficient (Wildman–Crippen LogP) is 2.26. The van der Waals surface area contributed by atoms with E-state index in [4.69, 9.17) is 17.3 Å². The van der Waals surface area contributed by atoms with Crippen LogP contribution in [-0.2, 0) is 0 Å². The summed E-state index contributed by atoms with van der Waals surface area (Å²) in [7, 11) is 1.29. The quantitative estimate of drug-likeness (QED) is 0.811. The van der Waals surface area contributed by atoms with Gasteiger partial charge in [0.15, 0.2) is 0 Å². The molecule has 1 aromatic rings. The molecule has 6 heteroatoms. The van der Waals surface area contributed by atoms with E-state index in [1.807, 2.05) is 0 Å². The zero-order valence-electron chi connectivity index (χ0n) is 6.72. The highest BCUT2D eigenvalue weighted by Crippen LogP contribution is 2.35. The summed E-state index contributed by atoms with van der Waals surface area (Å²) in [5.74, 6) is -0.0419. The Kier molecular flexibility index (Phi) is 2.87. The third-order valence-corrected chi connectivity index (χ3v) is 1.79. The van der Waals surface area contributed by atoms with Crippen molar-refractivity contribution in [3.8, 4) is 5.88 Å². The summed E-state index contributed by atoms with van der Waals surface area (Å²) in [5, 5.41) is -0.159. The lowest BCUT2D eigenvalue weighted by Crippen LogP contribution is -2.01.